The molecule has 0 aromatic carbocycles. The smallest absolute Gasteiger partial charge is 0.225 e. The molecule has 2 aromatic rings. The third-order valence-electron chi connectivity index (χ3n) is 3.48. The zero-order valence-electron chi connectivity index (χ0n) is 11.3. The normalized spacial score (nSPS) is 15.4. The van der Waals surface area contributed by atoms with Gasteiger partial charge in [-0.15, -0.1) is 11.3 Å². The van der Waals surface area contributed by atoms with E-state index in [0.717, 1.165) is 22.6 Å². The lowest BCUT2D eigenvalue weighted by atomic mass is 10.1. The summed E-state index contributed by atoms with van der Waals surface area (Å²) in [5.74, 6) is 1.73. The first-order chi connectivity index (χ1) is 9.15. The van der Waals surface area contributed by atoms with Gasteiger partial charge in [0.05, 0.1) is 5.39 Å². The van der Waals surface area contributed by atoms with Crippen molar-refractivity contribution in [1.29, 1.82) is 0 Å². The van der Waals surface area contributed by atoms with Gasteiger partial charge in [-0.25, -0.2) is 4.98 Å². The van der Waals surface area contributed by atoms with Crippen molar-refractivity contribution in [2.75, 3.05) is 11.4 Å². The Morgan fingerprint density at radius 1 is 1.42 bits per heavy atom. The summed E-state index contributed by atoms with van der Waals surface area (Å²) in [6, 6.07) is 2.75. The van der Waals surface area contributed by atoms with Crippen molar-refractivity contribution >= 4 is 39.0 Å². The number of halogens is 1. The van der Waals surface area contributed by atoms with Crippen molar-refractivity contribution in [3.63, 3.8) is 0 Å². The quantitative estimate of drug-likeness (QED) is 0.768. The molecule has 1 saturated carbocycles. The van der Waals surface area contributed by atoms with E-state index in [0.29, 0.717) is 17.2 Å². The van der Waals surface area contributed by atoms with E-state index in [1.54, 1.807) is 11.3 Å². The van der Waals surface area contributed by atoms with Gasteiger partial charge < -0.3 is 4.90 Å². The van der Waals surface area contributed by atoms with Crippen molar-refractivity contribution < 1.29 is 0 Å². The molecule has 0 spiro atoms. The van der Waals surface area contributed by atoms with Crippen LogP contribution in [0.2, 0.25) is 5.28 Å². The summed E-state index contributed by atoms with van der Waals surface area (Å²) in [6.07, 6.45) is 3.72. The highest BCUT2D eigenvalue weighted by atomic mass is 35.5. The Morgan fingerprint density at radius 2 is 2.21 bits per heavy atom. The van der Waals surface area contributed by atoms with Gasteiger partial charge >= 0.3 is 0 Å². The van der Waals surface area contributed by atoms with Gasteiger partial charge in [-0.3, -0.25) is 0 Å². The van der Waals surface area contributed by atoms with Crippen molar-refractivity contribution in [3.05, 3.63) is 16.7 Å². The molecule has 0 bridgehead atoms. The molecule has 0 radical (unpaired) electrons. The number of hydrogen-bond acceptors (Lipinski definition) is 4. The lowest BCUT2D eigenvalue weighted by Gasteiger charge is -2.25. The Morgan fingerprint density at radius 3 is 2.89 bits per heavy atom. The summed E-state index contributed by atoms with van der Waals surface area (Å²) in [7, 11) is 0. The number of rotatable bonds is 5. The fourth-order valence-corrected chi connectivity index (χ4v) is 3.25. The molecule has 1 aliphatic carbocycles. The van der Waals surface area contributed by atoms with Gasteiger partial charge in [-0.1, -0.05) is 13.8 Å². The monoisotopic (exact) mass is 295 g/mol. The predicted octanol–water partition coefficient (Wildman–Crippen LogP) is 4.36. The van der Waals surface area contributed by atoms with Crippen LogP contribution in [0.4, 0.5) is 5.82 Å². The Bertz CT molecular complexity index is 577. The molecule has 3 nitrogen and oxygen atoms in total. The number of hydrogen-bond donors (Lipinski definition) is 0. The average molecular weight is 296 g/mol. The molecule has 0 amide bonds. The van der Waals surface area contributed by atoms with Gasteiger partial charge in [-0.2, -0.15) is 4.98 Å². The molecule has 102 valence electrons. The Labute approximate surface area is 122 Å². The zero-order valence-corrected chi connectivity index (χ0v) is 12.8. The lowest BCUT2D eigenvalue weighted by Crippen LogP contribution is -2.28. The third kappa shape index (κ3) is 2.84. The summed E-state index contributed by atoms with van der Waals surface area (Å²) in [5, 5.41) is 3.57. The van der Waals surface area contributed by atoms with E-state index in [1.165, 1.54) is 19.3 Å². The summed E-state index contributed by atoms with van der Waals surface area (Å²) in [6.45, 7) is 5.58. The standard InChI is InChI=1S/C14H18ClN3S/c1-9(2)5-7-18(10-3-4-10)12-11-6-8-19-13(11)17-14(15)16-12/h6,8-10H,3-5,7H2,1-2H3. The Kier molecular flexibility index (Phi) is 3.63. The second-order valence-corrected chi connectivity index (χ2v) is 6.80. The van der Waals surface area contributed by atoms with Crippen LogP contribution in [0, 0.1) is 5.92 Å². The minimum absolute atomic E-state index is 0.361. The largest absolute Gasteiger partial charge is 0.353 e. The third-order valence-corrected chi connectivity index (χ3v) is 4.46. The van der Waals surface area contributed by atoms with E-state index < -0.39 is 0 Å². The molecule has 0 unspecified atom stereocenters. The summed E-state index contributed by atoms with van der Waals surface area (Å²) >= 11 is 7.70. The molecule has 1 aliphatic rings. The maximum atomic E-state index is 6.07. The van der Waals surface area contributed by atoms with Crippen LogP contribution in [-0.4, -0.2) is 22.6 Å². The van der Waals surface area contributed by atoms with Gasteiger partial charge in [0.15, 0.2) is 0 Å². The fraction of sp³-hybridized carbons (Fsp3) is 0.571. The van der Waals surface area contributed by atoms with Crippen LogP contribution in [0.15, 0.2) is 11.4 Å². The van der Waals surface area contributed by atoms with Gasteiger partial charge in [0, 0.05) is 12.6 Å². The van der Waals surface area contributed by atoms with E-state index in [1.807, 2.05) is 0 Å². The second kappa shape index (κ2) is 5.25. The van der Waals surface area contributed by atoms with Crippen LogP contribution in [0.3, 0.4) is 0 Å². The van der Waals surface area contributed by atoms with Crippen molar-refractivity contribution in [1.82, 2.24) is 9.97 Å². The summed E-state index contributed by atoms with van der Waals surface area (Å²) in [4.78, 5) is 12.2. The van der Waals surface area contributed by atoms with Gasteiger partial charge in [-0.05, 0) is 48.2 Å². The van der Waals surface area contributed by atoms with Gasteiger partial charge in [0.2, 0.25) is 5.28 Å². The number of aromatic nitrogens is 2. The van der Waals surface area contributed by atoms with Gasteiger partial charge in [0.1, 0.15) is 10.6 Å². The zero-order chi connectivity index (χ0) is 13.4. The topological polar surface area (TPSA) is 29.0 Å². The predicted molar refractivity (Wildman–Crippen MR) is 82.2 cm³/mol. The minimum atomic E-state index is 0.361. The van der Waals surface area contributed by atoms with E-state index >= 15 is 0 Å². The molecule has 2 aromatic heterocycles. The molecule has 0 aliphatic heterocycles. The lowest BCUT2D eigenvalue weighted by molar-refractivity contribution is 0.569. The van der Waals surface area contributed by atoms with Crippen LogP contribution in [0.1, 0.15) is 33.1 Å². The van der Waals surface area contributed by atoms with E-state index in [4.69, 9.17) is 11.6 Å². The highest BCUT2D eigenvalue weighted by molar-refractivity contribution is 7.16. The SMILES string of the molecule is CC(C)CCN(c1nc(Cl)nc2sccc12)C1CC1. The van der Waals surface area contributed by atoms with E-state index in [-0.39, 0.29) is 0 Å². The fourth-order valence-electron chi connectivity index (χ4n) is 2.28. The van der Waals surface area contributed by atoms with Crippen LogP contribution < -0.4 is 4.90 Å². The highest BCUT2D eigenvalue weighted by Crippen LogP contribution is 2.36. The van der Waals surface area contributed by atoms with E-state index in [9.17, 15) is 0 Å². The highest BCUT2D eigenvalue weighted by Gasteiger charge is 2.31. The van der Waals surface area contributed by atoms with Crippen molar-refractivity contribution in [2.24, 2.45) is 5.92 Å². The number of anilines is 1. The first kappa shape index (κ1) is 13.1. The molecule has 0 N–H and O–H groups in total. The summed E-state index contributed by atoms with van der Waals surface area (Å²) in [5.41, 5.74) is 0. The Balaban J connectivity index is 1.96. The van der Waals surface area contributed by atoms with Crippen LogP contribution in [0.5, 0.6) is 0 Å². The molecular formula is C14H18ClN3S. The average Bonchev–Trinajstić information content (AvgIpc) is 3.07. The van der Waals surface area contributed by atoms with Crippen LogP contribution in [0.25, 0.3) is 10.2 Å². The van der Waals surface area contributed by atoms with Crippen LogP contribution >= 0.6 is 22.9 Å². The molecule has 19 heavy (non-hydrogen) atoms. The second-order valence-electron chi connectivity index (χ2n) is 5.56. The molecule has 3 rings (SSSR count). The first-order valence-corrected chi connectivity index (χ1v) is 8.08. The van der Waals surface area contributed by atoms with Crippen molar-refractivity contribution in [3.8, 4) is 0 Å². The molecule has 2 heterocycles. The molecule has 0 saturated heterocycles. The Hall–Kier alpha value is -0.870. The molecule has 0 atom stereocenters. The molecular weight excluding hydrogens is 278 g/mol. The van der Waals surface area contributed by atoms with Gasteiger partial charge in [0.25, 0.3) is 0 Å². The molecule has 1 fully saturated rings. The number of nitrogens with zero attached hydrogens (tertiary/aromatic N) is 3. The maximum absolute atomic E-state index is 6.07. The number of thiophene rings is 1. The number of fused-ring (bicyclic) bond motifs is 1. The molecule has 5 heteroatoms. The first-order valence-electron chi connectivity index (χ1n) is 6.82. The minimum Gasteiger partial charge on any atom is -0.353 e. The van der Waals surface area contributed by atoms with E-state index in [2.05, 4.69) is 40.2 Å². The maximum Gasteiger partial charge on any atom is 0.225 e. The van der Waals surface area contributed by atoms with Crippen molar-refractivity contribution in [2.45, 2.75) is 39.2 Å². The van der Waals surface area contributed by atoms with Crippen LogP contribution in [-0.2, 0) is 0 Å². The summed E-state index contributed by atoms with van der Waals surface area (Å²) < 4.78 is 0.